The van der Waals surface area contributed by atoms with Gasteiger partial charge in [0.1, 0.15) is 12.0 Å². The molecule has 3 rings (SSSR count). The van der Waals surface area contributed by atoms with Crippen LogP contribution in [-0.2, 0) is 5.41 Å². The summed E-state index contributed by atoms with van der Waals surface area (Å²) >= 11 is 0. The van der Waals surface area contributed by atoms with Crippen LogP contribution in [0.25, 0.3) is 0 Å². The van der Waals surface area contributed by atoms with Crippen molar-refractivity contribution in [3.8, 4) is 5.75 Å². The first kappa shape index (κ1) is 13.9. The third-order valence-corrected chi connectivity index (χ3v) is 4.73. The lowest BCUT2D eigenvalue weighted by Gasteiger charge is -2.38. The van der Waals surface area contributed by atoms with Gasteiger partial charge in [-0.1, -0.05) is 55.7 Å². The van der Waals surface area contributed by atoms with Crippen LogP contribution in [0.5, 0.6) is 5.75 Å². The van der Waals surface area contributed by atoms with Gasteiger partial charge in [0.25, 0.3) is 0 Å². The summed E-state index contributed by atoms with van der Waals surface area (Å²) < 4.78 is 0. The number of aldehydes is 1. The van der Waals surface area contributed by atoms with Gasteiger partial charge in [-0.2, -0.15) is 0 Å². The first-order valence-electron chi connectivity index (χ1n) is 7.60. The second-order valence-corrected chi connectivity index (χ2v) is 5.93. The highest BCUT2D eigenvalue weighted by Gasteiger charge is 2.35. The standard InChI is InChI=1S/C19H20O2/c20-14-15-4-6-16(7-5-15)19(12-2-1-3-13-19)17-8-10-18(21)11-9-17/h4-11,14,21H,1-3,12-13H2. The molecule has 1 N–H and O–H groups in total. The van der Waals surface area contributed by atoms with E-state index in [1.54, 1.807) is 12.1 Å². The van der Waals surface area contributed by atoms with Crippen molar-refractivity contribution in [2.24, 2.45) is 0 Å². The molecule has 108 valence electrons. The summed E-state index contributed by atoms with van der Waals surface area (Å²) in [5.74, 6) is 0.306. The molecule has 0 aliphatic heterocycles. The smallest absolute Gasteiger partial charge is 0.150 e. The van der Waals surface area contributed by atoms with Crippen LogP contribution >= 0.6 is 0 Å². The summed E-state index contributed by atoms with van der Waals surface area (Å²) in [6.45, 7) is 0. The van der Waals surface area contributed by atoms with Crippen LogP contribution in [0.2, 0.25) is 0 Å². The number of benzene rings is 2. The molecular weight excluding hydrogens is 260 g/mol. The van der Waals surface area contributed by atoms with Gasteiger partial charge in [0.05, 0.1) is 0 Å². The largest absolute Gasteiger partial charge is 0.508 e. The molecule has 0 radical (unpaired) electrons. The SMILES string of the molecule is O=Cc1ccc(C2(c3ccc(O)cc3)CCCCC2)cc1. The molecule has 2 nitrogen and oxygen atoms in total. The predicted octanol–water partition coefficient (Wildman–Crippen LogP) is 4.45. The number of carbonyl (C=O) groups excluding carboxylic acids is 1. The lowest BCUT2D eigenvalue weighted by atomic mass is 9.65. The molecule has 2 aromatic rings. The minimum absolute atomic E-state index is 0.0212. The zero-order valence-corrected chi connectivity index (χ0v) is 12.1. The highest BCUT2D eigenvalue weighted by Crippen LogP contribution is 2.45. The van der Waals surface area contributed by atoms with Gasteiger partial charge in [-0.25, -0.2) is 0 Å². The maximum atomic E-state index is 10.9. The highest BCUT2D eigenvalue weighted by atomic mass is 16.3. The van der Waals surface area contributed by atoms with Gasteiger partial charge < -0.3 is 5.11 Å². The molecule has 1 aliphatic rings. The van der Waals surface area contributed by atoms with Crippen molar-refractivity contribution >= 4 is 6.29 Å². The van der Waals surface area contributed by atoms with E-state index in [0.717, 1.165) is 24.7 Å². The molecule has 0 bridgehead atoms. The number of carbonyl (C=O) groups is 1. The molecule has 0 saturated heterocycles. The third kappa shape index (κ3) is 2.58. The topological polar surface area (TPSA) is 37.3 Å². The molecule has 1 fully saturated rings. The molecule has 0 heterocycles. The molecule has 1 aliphatic carbocycles. The van der Waals surface area contributed by atoms with Gasteiger partial charge in [0, 0.05) is 11.0 Å². The Balaban J connectivity index is 2.07. The Morgan fingerprint density at radius 1 is 0.810 bits per heavy atom. The Labute approximate surface area is 125 Å². The Kier molecular flexibility index (Phi) is 3.78. The van der Waals surface area contributed by atoms with Crippen LogP contribution in [0.3, 0.4) is 0 Å². The van der Waals surface area contributed by atoms with E-state index in [1.165, 1.54) is 30.4 Å². The lowest BCUT2D eigenvalue weighted by Crippen LogP contribution is -2.30. The fraction of sp³-hybridized carbons (Fsp3) is 0.316. The van der Waals surface area contributed by atoms with Crippen molar-refractivity contribution in [3.63, 3.8) is 0 Å². The zero-order valence-electron chi connectivity index (χ0n) is 12.1. The van der Waals surface area contributed by atoms with Gasteiger partial charge in [0.15, 0.2) is 0 Å². The Morgan fingerprint density at radius 3 is 1.86 bits per heavy atom. The summed E-state index contributed by atoms with van der Waals surface area (Å²) in [5, 5.41) is 9.54. The van der Waals surface area contributed by atoms with Crippen LogP contribution in [0.1, 0.15) is 53.6 Å². The van der Waals surface area contributed by atoms with Crippen LogP contribution in [0, 0.1) is 0 Å². The molecule has 0 aromatic heterocycles. The maximum Gasteiger partial charge on any atom is 0.150 e. The van der Waals surface area contributed by atoms with Gasteiger partial charge in [0.2, 0.25) is 0 Å². The van der Waals surface area contributed by atoms with Crippen molar-refractivity contribution in [3.05, 3.63) is 65.2 Å². The van der Waals surface area contributed by atoms with E-state index in [-0.39, 0.29) is 5.41 Å². The highest BCUT2D eigenvalue weighted by molar-refractivity contribution is 5.74. The molecule has 2 aromatic carbocycles. The summed E-state index contributed by atoms with van der Waals surface area (Å²) in [6, 6.07) is 15.6. The van der Waals surface area contributed by atoms with Crippen molar-refractivity contribution in [1.29, 1.82) is 0 Å². The van der Waals surface area contributed by atoms with E-state index < -0.39 is 0 Å². The van der Waals surface area contributed by atoms with E-state index >= 15 is 0 Å². The molecule has 21 heavy (non-hydrogen) atoms. The van der Waals surface area contributed by atoms with E-state index in [1.807, 2.05) is 24.3 Å². The van der Waals surface area contributed by atoms with E-state index in [4.69, 9.17) is 0 Å². The minimum atomic E-state index is 0.0212. The summed E-state index contributed by atoms with van der Waals surface area (Å²) in [5.41, 5.74) is 3.28. The average Bonchev–Trinajstić information content (AvgIpc) is 2.56. The predicted molar refractivity (Wildman–Crippen MR) is 83.8 cm³/mol. The lowest BCUT2D eigenvalue weighted by molar-refractivity contribution is 0.112. The van der Waals surface area contributed by atoms with Crippen LogP contribution in [0.4, 0.5) is 0 Å². The fourth-order valence-electron chi connectivity index (χ4n) is 3.56. The van der Waals surface area contributed by atoms with E-state index in [2.05, 4.69) is 12.1 Å². The van der Waals surface area contributed by atoms with Gasteiger partial charge in [-0.05, 0) is 36.1 Å². The number of hydrogen-bond donors (Lipinski definition) is 1. The molecule has 0 atom stereocenters. The average molecular weight is 280 g/mol. The van der Waals surface area contributed by atoms with Crippen molar-refractivity contribution in [2.75, 3.05) is 0 Å². The molecule has 0 spiro atoms. The van der Waals surface area contributed by atoms with Gasteiger partial charge >= 0.3 is 0 Å². The van der Waals surface area contributed by atoms with Crippen molar-refractivity contribution in [2.45, 2.75) is 37.5 Å². The van der Waals surface area contributed by atoms with Gasteiger partial charge in [-0.3, -0.25) is 4.79 Å². The normalized spacial score (nSPS) is 17.3. The first-order valence-corrected chi connectivity index (χ1v) is 7.60. The molecule has 0 amide bonds. The Bertz CT molecular complexity index is 605. The third-order valence-electron chi connectivity index (χ3n) is 4.73. The fourth-order valence-corrected chi connectivity index (χ4v) is 3.56. The molecular formula is C19H20O2. The molecule has 0 unspecified atom stereocenters. The zero-order chi connectivity index (χ0) is 14.7. The van der Waals surface area contributed by atoms with Crippen molar-refractivity contribution in [1.82, 2.24) is 0 Å². The molecule has 2 heteroatoms. The quantitative estimate of drug-likeness (QED) is 0.843. The van der Waals surface area contributed by atoms with E-state index in [9.17, 15) is 9.90 Å². The van der Waals surface area contributed by atoms with Crippen molar-refractivity contribution < 1.29 is 9.90 Å². The maximum absolute atomic E-state index is 10.9. The van der Waals surface area contributed by atoms with Gasteiger partial charge in [-0.15, -0.1) is 0 Å². The first-order chi connectivity index (χ1) is 10.2. The Morgan fingerprint density at radius 2 is 1.33 bits per heavy atom. The number of aromatic hydroxyl groups is 1. The Hall–Kier alpha value is -2.09. The number of phenolic OH excluding ortho intramolecular Hbond substituents is 1. The monoisotopic (exact) mass is 280 g/mol. The van der Waals surface area contributed by atoms with Crippen LogP contribution < -0.4 is 0 Å². The molecule has 1 saturated carbocycles. The number of phenols is 1. The summed E-state index contributed by atoms with van der Waals surface area (Å²) in [4.78, 5) is 10.9. The minimum Gasteiger partial charge on any atom is -0.508 e. The second-order valence-electron chi connectivity index (χ2n) is 5.93. The van der Waals surface area contributed by atoms with E-state index in [0.29, 0.717) is 5.75 Å². The summed E-state index contributed by atoms with van der Waals surface area (Å²) in [7, 11) is 0. The number of hydrogen-bond acceptors (Lipinski definition) is 2. The van der Waals surface area contributed by atoms with Crippen LogP contribution in [-0.4, -0.2) is 11.4 Å². The second kappa shape index (κ2) is 5.72. The summed E-state index contributed by atoms with van der Waals surface area (Å²) in [6.07, 6.45) is 6.85. The number of rotatable bonds is 3. The van der Waals surface area contributed by atoms with Crippen LogP contribution in [0.15, 0.2) is 48.5 Å².